The summed E-state index contributed by atoms with van der Waals surface area (Å²) < 4.78 is 0. The molecule has 3 N–H and O–H groups in total. The van der Waals surface area contributed by atoms with E-state index in [1.165, 1.54) is 19.3 Å². The van der Waals surface area contributed by atoms with E-state index in [0.29, 0.717) is 0 Å². The number of aromatic nitrogens is 2. The molecule has 0 saturated heterocycles. The highest BCUT2D eigenvalue weighted by molar-refractivity contribution is 7.16. The second-order valence-electron chi connectivity index (χ2n) is 5.40. The van der Waals surface area contributed by atoms with Crippen LogP contribution in [-0.4, -0.2) is 28.0 Å². The van der Waals surface area contributed by atoms with E-state index in [9.17, 15) is 0 Å². The molecule has 1 fully saturated rings. The van der Waals surface area contributed by atoms with Gasteiger partial charge in [-0.2, -0.15) is 0 Å². The first-order valence-corrected chi connectivity index (χ1v) is 8.11. The van der Waals surface area contributed by atoms with E-state index in [0.717, 1.165) is 47.4 Å². The summed E-state index contributed by atoms with van der Waals surface area (Å²) in [5.41, 5.74) is 2.69. The van der Waals surface area contributed by atoms with Crippen molar-refractivity contribution >= 4 is 27.4 Å². The molecule has 3 rings (SSSR count). The maximum atomic E-state index is 5.57. The third-order valence-electron chi connectivity index (χ3n) is 4.06. The molecule has 0 amide bonds. The maximum Gasteiger partial charge on any atom is 0.152 e. The van der Waals surface area contributed by atoms with Crippen LogP contribution in [0.2, 0.25) is 0 Å². The molecule has 108 valence electrons. The van der Waals surface area contributed by atoms with Crippen LogP contribution in [0.3, 0.4) is 0 Å². The molecular weight excluding hydrogens is 270 g/mol. The van der Waals surface area contributed by atoms with E-state index in [1.807, 2.05) is 11.4 Å². The lowest BCUT2D eigenvalue weighted by atomic mass is 9.85. The van der Waals surface area contributed by atoms with Gasteiger partial charge in [0.2, 0.25) is 0 Å². The van der Waals surface area contributed by atoms with Crippen LogP contribution >= 0.6 is 11.3 Å². The van der Waals surface area contributed by atoms with Crippen molar-refractivity contribution in [1.82, 2.24) is 14.9 Å². The Morgan fingerprint density at radius 1 is 1.45 bits per heavy atom. The molecule has 2 aromatic heterocycles. The first-order valence-electron chi connectivity index (χ1n) is 7.23. The van der Waals surface area contributed by atoms with Gasteiger partial charge in [0.15, 0.2) is 5.82 Å². The van der Waals surface area contributed by atoms with E-state index >= 15 is 0 Å². The molecule has 20 heavy (non-hydrogen) atoms. The van der Waals surface area contributed by atoms with Crippen LogP contribution < -0.4 is 11.3 Å². The summed E-state index contributed by atoms with van der Waals surface area (Å²) in [5, 5.41) is 3.03. The molecule has 1 aliphatic rings. The highest BCUT2D eigenvalue weighted by Gasteiger charge is 2.21. The normalized spacial score (nSPS) is 15.8. The second kappa shape index (κ2) is 6.03. The van der Waals surface area contributed by atoms with E-state index < -0.39 is 0 Å². The Labute approximate surface area is 123 Å². The lowest BCUT2D eigenvalue weighted by Crippen LogP contribution is -2.32. The molecule has 0 bridgehead atoms. The molecule has 0 radical (unpaired) electrons. The Hall–Kier alpha value is -1.24. The van der Waals surface area contributed by atoms with Gasteiger partial charge < -0.3 is 5.43 Å². The zero-order chi connectivity index (χ0) is 13.9. The van der Waals surface area contributed by atoms with Gasteiger partial charge in [-0.15, -0.1) is 11.3 Å². The topological polar surface area (TPSA) is 67.1 Å². The summed E-state index contributed by atoms with van der Waals surface area (Å²) in [6, 6.07) is 2.00. The molecular formula is C14H21N5S. The van der Waals surface area contributed by atoms with Crippen LogP contribution in [-0.2, 0) is 6.54 Å². The molecule has 0 atom stereocenters. The standard InChI is InChI=1S/C14H21N5S/c1-2-19(8-10-4-3-5-10)9-12-16-13(18-15)11-6-7-20-14(11)17-12/h6-7,10H,2-5,8-9,15H2,1H3,(H,16,17,18). The molecule has 1 saturated carbocycles. The number of nitrogens with zero attached hydrogens (tertiary/aromatic N) is 3. The number of hydrogen-bond acceptors (Lipinski definition) is 6. The number of nitrogens with two attached hydrogens (primary N) is 1. The monoisotopic (exact) mass is 291 g/mol. The van der Waals surface area contributed by atoms with E-state index in [1.54, 1.807) is 11.3 Å². The van der Waals surface area contributed by atoms with Crippen molar-refractivity contribution in [3.8, 4) is 0 Å². The fraction of sp³-hybridized carbons (Fsp3) is 0.571. The Balaban J connectivity index is 1.77. The Kier molecular flexibility index (Phi) is 4.14. The predicted molar refractivity (Wildman–Crippen MR) is 83.5 cm³/mol. The molecule has 2 heterocycles. The van der Waals surface area contributed by atoms with Crippen molar-refractivity contribution in [3.63, 3.8) is 0 Å². The van der Waals surface area contributed by atoms with Gasteiger partial charge in [-0.25, -0.2) is 15.8 Å². The van der Waals surface area contributed by atoms with Crippen molar-refractivity contribution < 1.29 is 0 Å². The fourth-order valence-electron chi connectivity index (χ4n) is 2.63. The number of nitrogens with one attached hydrogen (secondary N) is 1. The van der Waals surface area contributed by atoms with Gasteiger partial charge >= 0.3 is 0 Å². The van der Waals surface area contributed by atoms with Crippen LogP contribution in [0.5, 0.6) is 0 Å². The number of fused-ring (bicyclic) bond motifs is 1. The van der Waals surface area contributed by atoms with Gasteiger partial charge in [-0.05, 0) is 36.8 Å². The van der Waals surface area contributed by atoms with Crippen molar-refractivity contribution in [2.75, 3.05) is 18.5 Å². The second-order valence-corrected chi connectivity index (χ2v) is 6.29. The van der Waals surface area contributed by atoms with E-state index in [4.69, 9.17) is 5.84 Å². The van der Waals surface area contributed by atoms with Gasteiger partial charge in [0.05, 0.1) is 11.9 Å². The number of hydrazine groups is 1. The molecule has 6 heteroatoms. The number of hydrogen-bond donors (Lipinski definition) is 2. The molecule has 0 aromatic carbocycles. The van der Waals surface area contributed by atoms with Crippen molar-refractivity contribution in [1.29, 1.82) is 0 Å². The summed E-state index contributed by atoms with van der Waals surface area (Å²) in [4.78, 5) is 12.6. The number of rotatable bonds is 6. The average molecular weight is 291 g/mol. The van der Waals surface area contributed by atoms with Crippen LogP contribution in [0, 0.1) is 5.92 Å². The minimum atomic E-state index is 0.728. The van der Waals surface area contributed by atoms with Gasteiger partial charge in [-0.3, -0.25) is 4.90 Å². The largest absolute Gasteiger partial charge is 0.308 e. The summed E-state index contributed by atoms with van der Waals surface area (Å²) in [6.07, 6.45) is 4.13. The third kappa shape index (κ3) is 2.77. The van der Waals surface area contributed by atoms with E-state index in [2.05, 4.69) is 27.2 Å². The molecule has 0 spiro atoms. The summed E-state index contributed by atoms with van der Waals surface area (Å²) in [7, 11) is 0. The van der Waals surface area contributed by atoms with Gasteiger partial charge in [0.25, 0.3) is 0 Å². The van der Waals surface area contributed by atoms with Gasteiger partial charge in [0.1, 0.15) is 10.7 Å². The minimum Gasteiger partial charge on any atom is -0.308 e. The smallest absolute Gasteiger partial charge is 0.152 e. The molecule has 0 aliphatic heterocycles. The number of anilines is 1. The van der Waals surface area contributed by atoms with Crippen LogP contribution in [0.15, 0.2) is 11.4 Å². The zero-order valence-corrected chi connectivity index (χ0v) is 12.6. The Bertz CT molecular complexity index is 578. The average Bonchev–Trinajstić information content (AvgIpc) is 2.88. The maximum absolute atomic E-state index is 5.57. The first kappa shape index (κ1) is 13.7. The van der Waals surface area contributed by atoms with Crippen LogP contribution in [0.25, 0.3) is 10.2 Å². The van der Waals surface area contributed by atoms with Crippen molar-refractivity contribution in [2.24, 2.45) is 11.8 Å². The number of thiophene rings is 1. The quantitative estimate of drug-likeness (QED) is 0.632. The predicted octanol–water partition coefficient (Wildman–Crippen LogP) is 2.60. The highest BCUT2D eigenvalue weighted by atomic mass is 32.1. The van der Waals surface area contributed by atoms with Crippen molar-refractivity contribution in [3.05, 3.63) is 17.3 Å². The fourth-order valence-corrected chi connectivity index (χ4v) is 3.41. The lowest BCUT2D eigenvalue weighted by Gasteiger charge is -2.31. The van der Waals surface area contributed by atoms with Crippen LogP contribution in [0.4, 0.5) is 5.82 Å². The highest BCUT2D eigenvalue weighted by Crippen LogP contribution is 2.28. The SMILES string of the molecule is CCN(Cc1nc(NN)c2ccsc2n1)CC1CCC1. The summed E-state index contributed by atoms with van der Waals surface area (Å²) in [6.45, 7) is 5.20. The third-order valence-corrected chi connectivity index (χ3v) is 4.87. The Morgan fingerprint density at radius 3 is 2.95 bits per heavy atom. The molecule has 0 unspecified atom stereocenters. The van der Waals surface area contributed by atoms with E-state index in [-0.39, 0.29) is 0 Å². The Morgan fingerprint density at radius 2 is 2.30 bits per heavy atom. The van der Waals surface area contributed by atoms with Crippen LogP contribution in [0.1, 0.15) is 32.0 Å². The molecule has 1 aliphatic carbocycles. The molecule has 5 nitrogen and oxygen atoms in total. The van der Waals surface area contributed by atoms with Gasteiger partial charge in [-0.1, -0.05) is 13.3 Å². The zero-order valence-electron chi connectivity index (χ0n) is 11.8. The lowest BCUT2D eigenvalue weighted by molar-refractivity contribution is 0.175. The first-order chi connectivity index (χ1) is 9.80. The van der Waals surface area contributed by atoms with Gasteiger partial charge in [0, 0.05) is 6.54 Å². The minimum absolute atomic E-state index is 0.728. The molecule has 2 aromatic rings. The number of nitrogen functional groups attached to an aromatic ring is 1. The summed E-state index contributed by atoms with van der Waals surface area (Å²) >= 11 is 1.63. The van der Waals surface area contributed by atoms with Crippen molar-refractivity contribution in [2.45, 2.75) is 32.7 Å². The summed E-state index contributed by atoms with van der Waals surface area (Å²) in [5.74, 6) is 8.02.